The first-order valence-corrected chi connectivity index (χ1v) is 7.79. The van der Waals surface area contributed by atoms with Crippen LogP contribution in [0.4, 0.5) is 13.2 Å². The van der Waals surface area contributed by atoms with Gasteiger partial charge in [0.1, 0.15) is 0 Å². The highest BCUT2D eigenvalue weighted by Gasteiger charge is 2.34. The van der Waals surface area contributed by atoms with Crippen LogP contribution < -0.4 is 0 Å². The molecule has 1 N–H and O–H groups in total. The van der Waals surface area contributed by atoms with Crippen molar-refractivity contribution in [1.29, 1.82) is 0 Å². The van der Waals surface area contributed by atoms with Crippen LogP contribution in [0.2, 0.25) is 5.28 Å². The Bertz CT molecular complexity index is 1030. The molecule has 6 nitrogen and oxygen atoms in total. The first-order valence-electron chi connectivity index (χ1n) is 7.41. The van der Waals surface area contributed by atoms with E-state index in [1.165, 1.54) is 12.3 Å². The van der Waals surface area contributed by atoms with E-state index in [0.29, 0.717) is 16.7 Å². The third-order valence-electron chi connectivity index (χ3n) is 3.45. The van der Waals surface area contributed by atoms with Gasteiger partial charge >= 0.3 is 12.1 Å². The molecule has 0 radical (unpaired) electrons. The summed E-state index contributed by atoms with van der Waals surface area (Å²) in [6.45, 7) is 0. The second-order valence-electron chi connectivity index (χ2n) is 5.32. The van der Waals surface area contributed by atoms with Crippen LogP contribution in [-0.4, -0.2) is 30.8 Å². The maximum atomic E-state index is 12.8. The number of aromatic nitrogens is 4. The van der Waals surface area contributed by atoms with Crippen LogP contribution in [0, 0.1) is 0 Å². The Labute approximate surface area is 155 Å². The van der Waals surface area contributed by atoms with Crippen molar-refractivity contribution in [3.8, 4) is 16.9 Å². The van der Waals surface area contributed by atoms with Gasteiger partial charge in [0.15, 0.2) is 11.5 Å². The Kier molecular flexibility index (Phi) is 4.95. The van der Waals surface area contributed by atoms with Crippen molar-refractivity contribution in [2.24, 2.45) is 0 Å². The zero-order valence-corrected chi connectivity index (χ0v) is 14.1. The average Bonchev–Trinajstić information content (AvgIpc) is 3.10. The largest absolute Gasteiger partial charge is 0.478 e. The lowest BCUT2D eigenvalue weighted by atomic mass is 10.0. The predicted octanol–water partition coefficient (Wildman–Crippen LogP) is 4.10. The molecule has 10 heteroatoms. The molecule has 0 unspecified atom stereocenters. The summed E-state index contributed by atoms with van der Waals surface area (Å²) in [6, 6.07) is 7.49. The van der Waals surface area contributed by atoms with Crippen molar-refractivity contribution in [2.45, 2.75) is 6.18 Å². The van der Waals surface area contributed by atoms with Crippen LogP contribution in [0.15, 0.2) is 48.8 Å². The molecule has 0 amide bonds. The number of hydrogen-bond acceptors (Lipinski definition) is 4. The van der Waals surface area contributed by atoms with Gasteiger partial charge in [0, 0.05) is 24.0 Å². The van der Waals surface area contributed by atoms with E-state index in [4.69, 9.17) is 16.7 Å². The van der Waals surface area contributed by atoms with Crippen LogP contribution in [0.1, 0.15) is 11.3 Å². The van der Waals surface area contributed by atoms with E-state index in [2.05, 4.69) is 15.1 Å². The standard InChI is InChI=1S/C17H10ClF3N4O2/c18-16-22-9-12(11-3-1-2-10(8-11)4-5-14(26)27)15(23-16)25-7-6-13(24-25)17(19,20)21/h1-9H,(H,26,27)/b5-4+. The van der Waals surface area contributed by atoms with Crippen LogP contribution in [0.3, 0.4) is 0 Å². The summed E-state index contributed by atoms with van der Waals surface area (Å²) in [6.07, 6.45) is 0.252. The van der Waals surface area contributed by atoms with Crippen LogP contribution >= 0.6 is 11.6 Å². The monoisotopic (exact) mass is 394 g/mol. The SMILES string of the molecule is O=C(O)/C=C/c1cccc(-c2cnc(Cl)nc2-n2ccc(C(F)(F)F)n2)c1. The van der Waals surface area contributed by atoms with Crippen molar-refractivity contribution in [1.82, 2.24) is 19.7 Å². The summed E-state index contributed by atoms with van der Waals surface area (Å²) in [5.74, 6) is -1.04. The Balaban J connectivity index is 2.09. The molecule has 2 aromatic heterocycles. The zero-order valence-electron chi connectivity index (χ0n) is 13.4. The number of halogens is 4. The van der Waals surface area contributed by atoms with Gasteiger partial charge in [0.2, 0.25) is 5.28 Å². The molecule has 0 aliphatic heterocycles. The minimum Gasteiger partial charge on any atom is -0.478 e. The molecule has 1 aromatic carbocycles. The highest BCUT2D eigenvalue weighted by atomic mass is 35.5. The number of hydrogen-bond donors (Lipinski definition) is 1. The molecule has 0 saturated carbocycles. The lowest BCUT2D eigenvalue weighted by Crippen LogP contribution is -2.09. The third-order valence-corrected chi connectivity index (χ3v) is 3.63. The summed E-state index contributed by atoms with van der Waals surface area (Å²) in [5, 5.41) is 12.1. The van der Waals surface area contributed by atoms with Crippen molar-refractivity contribution in [3.05, 3.63) is 65.3 Å². The van der Waals surface area contributed by atoms with Gasteiger partial charge in [-0.15, -0.1) is 0 Å². The Morgan fingerprint density at radius 2 is 2.04 bits per heavy atom. The molecule has 3 rings (SSSR count). The van der Waals surface area contributed by atoms with Crippen molar-refractivity contribution in [2.75, 3.05) is 0 Å². The second-order valence-corrected chi connectivity index (χ2v) is 5.65. The van der Waals surface area contributed by atoms with Gasteiger partial charge < -0.3 is 5.11 Å². The first-order chi connectivity index (χ1) is 12.7. The Hall–Kier alpha value is -3.20. The van der Waals surface area contributed by atoms with E-state index in [-0.39, 0.29) is 11.1 Å². The summed E-state index contributed by atoms with van der Waals surface area (Å²) in [7, 11) is 0. The van der Waals surface area contributed by atoms with E-state index in [9.17, 15) is 18.0 Å². The molecule has 0 atom stereocenters. The fourth-order valence-corrected chi connectivity index (χ4v) is 2.43. The second kappa shape index (κ2) is 7.20. The van der Waals surface area contributed by atoms with Gasteiger partial charge in [-0.2, -0.15) is 23.3 Å². The summed E-state index contributed by atoms with van der Waals surface area (Å²) in [4.78, 5) is 18.5. The van der Waals surface area contributed by atoms with Crippen molar-refractivity contribution < 1.29 is 23.1 Å². The van der Waals surface area contributed by atoms with Gasteiger partial charge in [0.25, 0.3) is 0 Å². The minimum atomic E-state index is -4.59. The third kappa shape index (κ3) is 4.32. The molecule has 0 aliphatic carbocycles. The number of carboxylic acid groups (broad SMARTS) is 1. The normalized spacial score (nSPS) is 11.9. The van der Waals surface area contributed by atoms with Gasteiger partial charge in [-0.3, -0.25) is 0 Å². The smallest absolute Gasteiger partial charge is 0.435 e. The molecule has 0 spiro atoms. The number of carboxylic acids is 1. The molecule has 3 aromatic rings. The molecule has 138 valence electrons. The van der Waals surface area contributed by atoms with Gasteiger partial charge in [-0.1, -0.05) is 18.2 Å². The van der Waals surface area contributed by atoms with E-state index in [0.717, 1.165) is 23.0 Å². The lowest BCUT2D eigenvalue weighted by Gasteiger charge is -2.10. The molecular weight excluding hydrogens is 385 g/mol. The number of rotatable bonds is 4. The highest BCUT2D eigenvalue weighted by Crippen LogP contribution is 2.30. The topological polar surface area (TPSA) is 80.9 Å². The number of carbonyl (C=O) groups is 1. The summed E-state index contributed by atoms with van der Waals surface area (Å²) < 4.78 is 39.5. The number of benzene rings is 1. The molecule has 0 bridgehead atoms. The molecule has 2 heterocycles. The molecule has 0 fully saturated rings. The van der Waals surface area contributed by atoms with Crippen molar-refractivity contribution >= 4 is 23.6 Å². The fourth-order valence-electron chi connectivity index (χ4n) is 2.30. The number of aliphatic carboxylic acids is 1. The lowest BCUT2D eigenvalue weighted by molar-refractivity contribution is -0.141. The maximum Gasteiger partial charge on any atom is 0.435 e. The molecule has 0 saturated heterocycles. The molecule has 27 heavy (non-hydrogen) atoms. The van der Waals surface area contributed by atoms with E-state index in [1.807, 2.05) is 0 Å². The number of alkyl halides is 3. The fraction of sp³-hybridized carbons (Fsp3) is 0.0588. The zero-order chi connectivity index (χ0) is 19.6. The van der Waals surface area contributed by atoms with E-state index in [1.54, 1.807) is 24.3 Å². The van der Waals surface area contributed by atoms with Crippen LogP contribution in [-0.2, 0) is 11.0 Å². The molecular formula is C17H10ClF3N4O2. The summed E-state index contributed by atoms with van der Waals surface area (Å²) in [5.41, 5.74) is 0.439. The minimum absolute atomic E-state index is 0.0601. The van der Waals surface area contributed by atoms with Gasteiger partial charge in [0.05, 0.1) is 0 Å². The maximum absolute atomic E-state index is 12.8. The van der Waals surface area contributed by atoms with Crippen LogP contribution in [0.25, 0.3) is 23.0 Å². The molecule has 0 aliphatic rings. The summed E-state index contributed by atoms with van der Waals surface area (Å²) >= 11 is 5.80. The van der Waals surface area contributed by atoms with Gasteiger partial charge in [-0.05, 0) is 40.9 Å². The van der Waals surface area contributed by atoms with E-state index < -0.39 is 17.8 Å². The number of nitrogens with zero attached hydrogens (tertiary/aromatic N) is 4. The Morgan fingerprint density at radius 3 is 2.70 bits per heavy atom. The van der Waals surface area contributed by atoms with Crippen LogP contribution in [0.5, 0.6) is 0 Å². The van der Waals surface area contributed by atoms with Crippen molar-refractivity contribution in [3.63, 3.8) is 0 Å². The van der Waals surface area contributed by atoms with E-state index >= 15 is 0 Å². The highest BCUT2D eigenvalue weighted by molar-refractivity contribution is 6.28. The average molecular weight is 395 g/mol. The Morgan fingerprint density at radius 1 is 1.26 bits per heavy atom. The predicted molar refractivity (Wildman–Crippen MR) is 91.3 cm³/mol. The quantitative estimate of drug-likeness (QED) is 0.532. The first kappa shape index (κ1) is 18.6. The van der Waals surface area contributed by atoms with Gasteiger partial charge in [-0.25, -0.2) is 14.5 Å².